The average molecular weight is 317 g/mol. The first-order valence-corrected chi connectivity index (χ1v) is 8.40. The molecule has 0 saturated carbocycles. The van der Waals surface area contributed by atoms with E-state index in [1.807, 2.05) is 0 Å². The van der Waals surface area contributed by atoms with E-state index in [0.717, 1.165) is 0 Å². The van der Waals surface area contributed by atoms with Gasteiger partial charge in [0.05, 0.1) is 17.7 Å². The van der Waals surface area contributed by atoms with Gasteiger partial charge in [-0.2, -0.15) is 4.74 Å². The van der Waals surface area contributed by atoms with E-state index in [9.17, 15) is 18.0 Å². The van der Waals surface area contributed by atoms with Crippen LogP contribution in [0.25, 0.3) is 0 Å². The molecule has 0 aliphatic carbocycles. The van der Waals surface area contributed by atoms with E-state index in [-0.39, 0.29) is 24.0 Å². The lowest BCUT2D eigenvalue weighted by molar-refractivity contribution is -0.120. The largest absolute Gasteiger partial charge is 0.359 e. The van der Waals surface area contributed by atoms with Gasteiger partial charge in [0.2, 0.25) is 15.9 Å². The van der Waals surface area contributed by atoms with Crippen molar-refractivity contribution in [2.75, 3.05) is 24.2 Å². The molecule has 2 rings (SSSR count). The minimum Gasteiger partial charge on any atom is -0.335 e. The molecule has 9 heteroatoms. The SMILES string of the molecule is CCS(=O)(=O)N1CCCC(C(=O)Nc2cc(=O)on2C)C1. The minimum atomic E-state index is -3.28. The predicted molar refractivity (Wildman–Crippen MR) is 76.3 cm³/mol. The summed E-state index contributed by atoms with van der Waals surface area (Å²) in [6, 6.07) is 1.18. The molecule has 0 spiro atoms. The summed E-state index contributed by atoms with van der Waals surface area (Å²) in [5.74, 6) is -0.439. The zero-order chi connectivity index (χ0) is 15.6. The molecule has 1 fully saturated rings. The number of aromatic nitrogens is 1. The number of rotatable bonds is 4. The molecule has 1 aromatic heterocycles. The maximum absolute atomic E-state index is 12.2. The fourth-order valence-electron chi connectivity index (χ4n) is 2.35. The van der Waals surface area contributed by atoms with Crippen LogP contribution in [-0.2, 0) is 21.9 Å². The lowest BCUT2D eigenvalue weighted by atomic mass is 9.99. The summed E-state index contributed by atoms with van der Waals surface area (Å²) in [6.07, 6.45) is 1.26. The number of aryl methyl sites for hydroxylation is 1. The van der Waals surface area contributed by atoms with E-state index in [1.54, 1.807) is 6.92 Å². The van der Waals surface area contributed by atoms with E-state index in [0.29, 0.717) is 19.4 Å². The predicted octanol–water partition coefficient (Wildman–Crippen LogP) is -0.0215. The van der Waals surface area contributed by atoms with Crippen LogP contribution in [0, 0.1) is 5.92 Å². The fraction of sp³-hybridized carbons (Fsp3) is 0.667. The highest BCUT2D eigenvalue weighted by Gasteiger charge is 2.31. The van der Waals surface area contributed by atoms with Crippen molar-refractivity contribution >= 4 is 21.7 Å². The number of piperidine rings is 1. The number of hydrogen-bond acceptors (Lipinski definition) is 5. The first-order valence-electron chi connectivity index (χ1n) is 6.79. The van der Waals surface area contributed by atoms with Crippen LogP contribution in [0.5, 0.6) is 0 Å². The molecule has 1 atom stereocenters. The Morgan fingerprint density at radius 3 is 2.81 bits per heavy atom. The molecule has 1 N–H and O–H groups in total. The van der Waals surface area contributed by atoms with E-state index in [4.69, 9.17) is 4.52 Å². The van der Waals surface area contributed by atoms with Crippen LogP contribution in [0.2, 0.25) is 0 Å². The number of hydrogen-bond donors (Lipinski definition) is 1. The molecule has 1 unspecified atom stereocenters. The van der Waals surface area contributed by atoms with Crippen molar-refractivity contribution in [3.63, 3.8) is 0 Å². The summed E-state index contributed by atoms with van der Waals surface area (Å²) >= 11 is 0. The number of nitrogens with zero attached hydrogens (tertiary/aromatic N) is 2. The third kappa shape index (κ3) is 3.53. The molecule has 0 bridgehead atoms. The number of sulfonamides is 1. The molecule has 1 aliphatic heterocycles. The van der Waals surface area contributed by atoms with Gasteiger partial charge >= 0.3 is 5.63 Å². The second kappa shape index (κ2) is 6.02. The Morgan fingerprint density at radius 2 is 2.24 bits per heavy atom. The van der Waals surface area contributed by atoms with Crippen LogP contribution in [-0.4, -0.2) is 42.2 Å². The van der Waals surface area contributed by atoms with Gasteiger partial charge in [0, 0.05) is 20.1 Å². The van der Waals surface area contributed by atoms with Gasteiger partial charge in [0.1, 0.15) is 0 Å². The van der Waals surface area contributed by atoms with Gasteiger partial charge in [0.15, 0.2) is 5.82 Å². The molecule has 2 heterocycles. The maximum atomic E-state index is 12.2. The molecule has 8 nitrogen and oxygen atoms in total. The van der Waals surface area contributed by atoms with Gasteiger partial charge in [-0.05, 0) is 19.8 Å². The van der Waals surface area contributed by atoms with Gasteiger partial charge < -0.3 is 9.84 Å². The third-order valence-corrected chi connectivity index (χ3v) is 5.43. The highest BCUT2D eigenvalue weighted by Crippen LogP contribution is 2.21. The van der Waals surface area contributed by atoms with Crippen LogP contribution < -0.4 is 10.9 Å². The number of amides is 1. The third-order valence-electron chi connectivity index (χ3n) is 3.59. The fourth-order valence-corrected chi connectivity index (χ4v) is 3.53. The number of anilines is 1. The van der Waals surface area contributed by atoms with Crippen molar-refractivity contribution in [3.05, 3.63) is 16.5 Å². The summed E-state index contributed by atoms with van der Waals surface area (Å²) in [6.45, 7) is 2.21. The van der Waals surface area contributed by atoms with Gasteiger partial charge in [-0.15, -0.1) is 0 Å². The normalized spacial score (nSPS) is 20.4. The second-order valence-corrected chi connectivity index (χ2v) is 7.28. The number of carbonyl (C=O) groups excluding carboxylic acids is 1. The Labute approximate surface area is 122 Å². The maximum Gasteiger partial charge on any atom is 0.359 e. The highest BCUT2D eigenvalue weighted by molar-refractivity contribution is 7.89. The van der Waals surface area contributed by atoms with Gasteiger partial charge in [-0.25, -0.2) is 17.5 Å². The van der Waals surface area contributed by atoms with Crippen molar-refractivity contribution in [2.24, 2.45) is 13.0 Å². The summed E-state index contributed by atoms with van der Waals surface area (Å²) in [7, 11) is -1.78. The first-order chi connectivity index (χ1) is 9.83. The van der Waals surface area contributed by atoms with Gasteiger partial charge in [-0.1, -0.05) is 0 Å². The van der Waals surface area contributed by atoms with E-state index in [1.165, 1.54) is 22.2 Å². The van der Waals surface area contributed by atoms with Crippen LogP contribution in [0.1, 0.15) is 19.8 Å². The Morgan fingerprint density at radius 1 is 1.52 bits per heavy atom. The standard InChI is InChI=1S/C12H19N3O5S/c1-3-21(18,19)15-6-4-5-9(8-15)12(17)13-10-7-11(16)20-14(10)2/h7,9H,3-6,8H2,1-2H3,(H,13,17). The van der Waals surface area contributed by atoms with Crippen LogP contribution >= 0.6 is 0 Å². The molecule has 1 amide bonds. The number of nitrogens with one attached hydrogen (secondary N) is 1. The Bertz CT molecular complexity index is 675. The molecular formula is C12H19N3O5S. The van der Waals surface area contributed by atoms with E-state index < -0.39 is 21.6 Å². The minimum absolute atomic E-state index is 0.0254. The topological polar surface area (TPSA) is 102 Å². The van der Waals surface area contributed by atoms with Crippen molar-refractivity contribution in [2.45, 2.75) is 19.8 Å². The smallest absolute Gasteiger partial charge is 0.335 e. The lowest BCUT2D eigenvalue weighted by Gasteiger charge is -2.30. The Balaban J connectivity index is 2.06. The summed E-state index contributed by atoms with van der Waals surface area (Å²) in [5, 5.41) is 2.60. The molecular weight excluding hydrogens is 298 g/mol. The second-order valence-electron chi connectivity index (χ2n) is 5.02. The average Bonchev–Trinajstić information content (AvgIpc) is 2.77. The number of carbonyl (C=O) groups is 1. The van der Waals surface area contributed by atoms with Crippen LogP contribution in [0.15, 0.2) is 15.4 Å². The summed E-state index contributed by atoms with van der Waals surface area (Å²) < 4.78 is 31.0. The van der Waals surface area contributed by atoms with E-state index >= 15 is 0 Å². The van der Waals surface area contributed by atoms with Gasteiger partial charge in [-0.3, -0.25) is 4.79 Å². The monoisotopic (exact) mass is 317 g/mol. The Hall–Kier alpha value is -1.61. The molecule has 118 valence electrons. The molecule has 1 aliphatic rings. The Kier molecular flexibility index (Phi) is 4.52. The molecule has 0 radical (unpaired) electrons. The van der Waals surface area contributed by atoms with Crippen molar-refractivity contribution in [3.8, 4) is 0 Å². The van der Waals surface area contributed by atoms with Crippen molar-refractivity contribution < 1.29 is 17.7 Å². The molecule has 1 aromatic rings. The summed E-state index contributed by atoms with van der Waals surface area (Å²) in [4.78, 5) is 23.3. The van der Waals surface area contributed by atoms with E-state index in [2.05, 4.69) is 5.32 Å². The van der Waals surface area contributed by atoms with Crippen molar-refractivity contribution in [1.82, 2.24) is 9.05 Å². The molecule has 1 saturated heterocycles. The van der Waals surface area contributed by atoms with Gasteiger partial charge in [0.25, 0.3) is 0 Å². The zero-order valence-corrected chi connectivity index (χ0v) is 12.9. The highest BCUT2D eigenvalue weighted by atomic mass is 32.2. The zero-order valence-electron chi connectivity index (χ0n) is 12.0. The lowest BCUT2D eigenvalue weighted by Crippen LogP contribution is -2.44. The van der Waals surface area contributed by atoms with Crippen LogP contribution in [0.4, 0.5) is 5.82 Å². The molecule has 21 heavy (non-hydrogen) atoms. The molecule has 0 aromatic carbocycles. The first kappa shape index (κ1) is 15.8. The van der Waals surface area contributed by atoms with Crippen LogP contribution in [0.3, 0.4) is 0 Å². The van der Waals surface area contributed by atoms with Crippen molar-refractivity contribution in [1.29, 1.82) is 0 Å². The quantitative estimate of drug-likeness (QED) is 0.841. The summed E-state index contributed by atoms with van der Waals surface area (Å²) in [5.41, 5.74) is -0.549.